The standard InChI is InChI=1S/C24H25ClN2O5S/c1-24(2)9-3-4-22(24)32-20-12-18(25)16(13-26)10-19(20)27-33(30,31)21-11-15(23(28)29)7-8-17(21)14-5-6-14/h7-8,10-12,14,22,27H,3-6,9H2,1-2H3,(H,28,29)/t22-/m1/s1. The summed E-state index contributed by atoms with van der Waals surface area (Å²) in [4.78, 5) is 11.4. The number of hydrogen-bond acceptors (Lipinski definition) is 5. The van der Waals surface area contributed by atoms with Gasteiger partial charge in [0.05, 0.1) is 26.7 Å². The van der Waals surface area contributed by atoms with Gasteiger partial charge in [0.1, 0.15) is 17.9 Å². The van der Waals surface area contributed by atoms with E-state index in [9.17, 15) is 23.6 Å². The lowest BCUT2D eigenvalue weighted by molar-refractivity contribution is 0.0696. The molecule has 0 spiro atoms. The van der Waals surface area contributed by atoms with Gasteiger partial charge >= 0.3 is 5.97 Å². The van der Waals surface area contributed by atoms with Crippen LogP contribution in [0.2, 0.25) is 5.02 Å². The Bertz CT molecular complexity index is 1260. The van der Waals surface area contributed by atoms with Gasteiger partial charge in [0.15, 0.2) is 0 Å². The SMILES string of the molecule is CC1(C)CCC[C@H]1Oc1cc(Cl)c(C#N)cc1NS(=O)(=O)c1cc(C(=O)O)ccc1C1CC1. The van der Waals surface area contributed by atoms with Crippen LogP contribution in [0.15, 0.2) is 35.2 Å². The highest BCUT2D eigenvalue weighted by Crippen LogP contribution is 2.45. The summed E-state index contributed by atoms with van der Waals surface area (Å²) in [7, 11) is -4.17. The number of nitrogens with one attached hydrogen (secondary N) is 1. The van der Waals surface area contributed by atoms with Crippen molar-refractivity contribution in [1.29, 1.82) is 5.26 Å². The van der Waals surface area contributed by atoms with E-state index in [4.69, 9.17) is 16.3 Å². The molecule has 0 bridgehead atoms. The minimum atomic E-state index is -4.17. The molecule has 2 aliphatic carbocycles. The first-order valence-electron chi connectivity index (χ1n) is 10.8. The summed E-state index contributed by atoms with van der Waals surface area (Å²) in [5.74, 6) is -0.890. The van der Waals surface area contributed by atoms with E-state index in [0.717, 1.165) is 32.1 Å². The highest BCUT2D eigenvalue weighted by atomic mass is 35.5. The van der Waals surface area contributed by atoms with Crippen LogP contribution in [0.5, 0.6) is 5.75 Å². The van der Waals surface area contributed by atoms with Crippen LogP contribution in [0, 0.1) is 16.7 Å². The molecule has 2 N–H and O–H groups in total. The Hall–Kier alpha value is -2.76. The van der Waals surface area contributed by atoms with E-state index in [0.29, 0.717) is 5.56 Å². The molecular formula is C24H25ClN2O5S. The van der Waals surface area contributed by atoms with Crippen LogP contribution in [0.25, 0.3) is 0 Å². The molecular weight excluding hydrogens is 464 g/mol. The topological polar surface area (TPSA) is 116 Å². The van der Waals surface area contributed by atoms with E-state index in [1.807, 2.05) is 6.07 Å². The maximum absolute atomic E-state index is 13.5. The van der Waals surface area contributed by atoms with Gasteiger partial charge in [-0.05, 0) is 61.8 Å². The zero-order valence-corrected chi connectivity index (χ0v) is 20.0. The van der Waals surface area contributed by atoms with Crippen molar-refractivity contribution in [3.8, 4) is 11.8 Å². The van der Waals surface area contributed by atoms with Crippen molar-refractivity contribution in [2.24, 2.45) is 5.41 Å². The number of carboxylic acid groups (broad SMARTS) is 1. The van der Waals surface area contributed by atoms with Crippen molar-refractivity contribution >= 4 is 33.3 Å². The summed E-state index contributed by atoms with van der Waals surface area (Å²) >= 11 is 6.23. The zero-order valence-electron chi connectivity index (χ0n) is 18.4. The number of benzene rings is 2. The molecule has 174 valence electrons. The van der Waals surface area contributed by atoms with Crippen LogP contribution in [0.3, 0.4) is 0 Å². The Labute approximate surface area is 198 Å². The molecule has 0 heterocycles. The van der Waals surface area contributed by atoms with Gasteiger partial charge in [-0.2, -0.15) is 5.26 Å². The van der Waals surface area contributed by atoms with Gasteiger partial charge < -0.3 is 9.84 Å². The van der Waals surface area contributed by atoms with Gasteiger partial charge in [0.25, 0.3) is 10.0 Å². The Balaban J connectivity index is 1.76. The van der Waals surface area contributed by atoms with Gasteiger partial charge in [-0.1, -0.05) is 31.5 Å². The first-order valence-corrected chi connectivity index (χ1v) is 12.7. The number of ether oxygens (including phenoxy) is 1. The monoisotopic (exact) mass is 488 g/mol. The Morgan fingerprint density at radius 3 is 2.55 bits per heavy atom. The molecule has 9 heteroatoms. The highest BCUT2D eigenvalue weighted by molar-refractivity contribution is 7.92. The number of rotatable bonds is 7. The lowest BCUT2D eigenvalue weighted by Crippen LogP contribution is -2.29. The molecule has 0 aromatic heterocycles. The fraction of sp³-hybridized carbons (Fsp3) is 0.417. The average molecular weight is 489 g/mol. The van der Waals surface area contributed by atoms with Crippen LogP contribution in [0.1, 0.15) is 73.4 Å². The van der Waals surface area contributed by atoms with Gasteiger partial charge in [0, 0.05) is 11.5 Å². The second kappa shape index (κ2) is 8.54. The molecule has 0 unspecified atom stereocenters. The van der Waals surface area contributed by atoms with E-state index >= 15 is 0 Å². The van der Waals surface area contributed by atoms with Crippen molar-refractivity contribution in [3.05, 3.63) is 52.0 Å². The molecule has 0 radical (unpaired) electrons. The number of nitrogens with zero attached hydrogens (tertiary/aromatic N) is 1. The van der Waals surface area contributed by atoms with Crippen LogP contribution in [0.4, 0.5) is 5.69 Å². The van der Waals surface area contributed by atoms with Crippen molar-refractivity contribution in [2.45, 2.75) is 62.9 Å². The molecule has 2 aromatic rings. The summed E-state index contributed by atoms with van der Waals surface area (Å²) in [6.07, 6.45) is 4.36. The van der Waals surface area contributed by atoms with E-state index in [-0.39, 0.29) is 49.9 Å². The lowest BCUT2D eigenvalue weighted by Gasteiger charge is -2.28. The number of carboxylic acids is 1. The molecule has 2 aliphatic rings. The van der Waals surface area contributed by atoms with Crippen LogP contribution in [-0.4, -0.2) is 25.6 Å². The number of aromatic carboxylic acids is 1. The van der Waals surface area contributed by atoms with Gasteiger partial charge in [-0.3, -0.25) is 4.72 Å². The summed E-state index contributed by atoms with van der Waals surface area (Å²) in [6.45, 7) is 4.19. The summed E-state index contributed by atoms with van der Waals surface area (Å²) < 4.78 is 35.7. The maximum atomic E-state index is 13.5. The maximum Gasteiger partial charge on any atom is 0.335 e. The van der Waals surface area contributed by atoms with Crippen LogP contribution < -0.4 is 9.46 Å². The Morgan fingerprint density at radius 1 is 1.24 bits per heavy atom. The molecule has 7 nitrogen and oxygen atoms in total. The lowest BCUT2D eigenvalue weighted by atomic mass is 9.89. The minimum absolute atomic E-state index is 0.0781. The molecule has 0 aliphatic heterocycles. The van der Waals surface area contributed by atoms with E-state index < -0.39 is 16.0 Å². The van der Waals surface area contributed by atoms with Gasteiger partial charge in [-0.25, -0.2) is 13.2 Å². The number of anilines is 1. The molecule has 4 rings (SSSR count). The van der Waals surface area contributed by atoms with Crippen molar-refractivity contribution in [3.63, 3.8) is 0 Å². The highest BCUT2D eigenvalue weighted by Gasteiger charge is 2.37. The second-order valence-electron chi connectivity index (χ2n) is 9.36. The fourth-order valence-electron chi connectivity index (χ4n) is 4.32. The third kappa shape index (κ3) is 4.80. The third-order valence-corrected chi connectivity index (χ3v) is 8.16. The average Bonchev–Trinajstić information content (AvgIpc) is 3.54. The molecule has 2 saturated carbocycles. The Morgan fingerprint density at radius 2 is 1.97 bits per heavy atom. The minimum Gasteiger partial charge on any atom is -0.488 e. The predicted molar refractivity (Wildman–Crippen MR) is 124 cm³/mol. The number of hydrogen-bond donors (Lipinski definition) is 2. The zero-order chi connectivity index (χ0) is 24.0. The normalized spacial score (nSPS) is 19.6. The van der Waals surface area contributed by atoms with Gasteiger partial charge in [-0.15, -0.1) is 0 Å². The summed E-state index contributed by atoms with van der Waals surface area (Å²) in [6, 6.07) is 8.94. The molecule has 33 heavy (non-hydrogen) atoms. The number of carbonyl (C=O) groups is 1. The smallest absolute Gasteiger partial charge is 0.335 e. The molecule has 2 fully saturated rings. The quantitative estimate of drug-likeness (QED) is 0.528. The predicted octanol–water partition coefficient (Wildman–Crippen LogP) is 5.55. The molecule has 2 aromatic carbocycles. The molecule has 0 amide bonds. The van der Waals surface area contributed by atoms with E-state index in [1.165, 1.54) is 24.3 Å². The number of sulfonamides is 1. The molecule has 0 saturated heterocycles. The van der Waals surface area contributed by atoms with Crippen molar-refractivity contribution in [1.82, 2.24) is 0 Å². The number of halogens is 1. The van der Waals surface area contributed by atoms with Gasteiger partial charge in [0.2, 0.25) is 0 Å². The fourth-order valence-corrected chi connectivity index (χ4v) is 5.90. The first-order chi connectivity index (χ1) is 15.5. The first kappa shape index (κ1) is 23.4. The van der Waals surface area contributed by atoms with Crippen LogP contribution in [-0.2, 0) is 10.0 Å². The number of nitriles is 1. The Kier molecular flexibility index (Phi) is 6.06. The van der Waals surface area contributed by atoms with E-state index in [2.05, 4.69) is 18.6 Å². The third-order valence-electron chi connectivity index (χ3n) is 6.43. The largest absolute Gasteiger partial charge is 0.488 e. The summed E-state index contributed by atoms with van der Waals surface area (Å²) in [5, 5.41) is 19.0. The summed E-state index contributed by atoms with van der Waals surface area (Å²) in [5.41, 5.74) is 0.584. The molecule has 1 atom stereocenters. The van der Waals surface area contributed by atoms with Crippen molar-refractivity contribution < 1.29 is 23.1 Å². The second-order valence-corrected chi connectivity index (χ2v) is 11.4. The van der Waals surface area contributed by atoms with Crippen molar-refractivity contribution in [2.75, 3.05) is 4.72 Å². The van der Waals surface area contributed by atoms with Crippen LogP contribution >= 0.6 is 11.6 Å². The van der Waals surface area contributed by atoms with E-state index in [1.54, 1.807) is 6.07 Å².